The van der Waals surface area contributed by atoms with E-state index in [0.717, 1.165) is 10.9 Å². The van der Waals surface area contributed by atoms with Crippen molar-refractivity contribution < 1.29 is 5.11 Å². The van der Waals surface area contributed by atoms with E-state index in [1.165, 1.54) is 21.2 Å². The van der Waals surface area contributed by atoms with Crippen LogP contribution >= 0.6 is 27.3 Å². The van der Waals surface area contributed by atoms with Gasteiger partial charge in [0, 0.05) is 10.0 Å². The third-order valence-electron chi connectivity index (χ3n) is 2.43. The van der Waals surface area contributed by atoms with Crippen LogP contribution in [0.5, 0.6) is 0 Å². The maximum Gasteiger partial charge on any atom is 0.0691 e. The van der Waals surface area contributed by atoms with Crippen molar-refractivity contribution in [2.45, 2.75) is 18.9 Å². The number of rotatable bonds is 2. The number of halogens is 1. The topological polar surface area (TPSA) is 20.2 Å². The number of alkyl halides is 1. The molecule has 1 aromatic heterocycles. The van der Waals surface area contributed by atoms with Crippen molar-refractivity contribution >= 4 is 37.4 Å². The van der Waals surface area contributed by atoms with E-state index in [4.69, 9.17) is 0 Å². The molecule has 74 valence electrons. The van der Waals surface area contributed by atoms with Crippen LogP contribution in [0.4, 0.5) is 0 Å². The maximum atomic E-state index is 9.34. The molecule has 0 unspecified atom stereocenters. The van der Waals surface area contributed by atoms with E-state index < -0.39 is 0 Å². The lowest BCUT2D eigenvalue weighted by Gasteiger charge is -2.08. The van der Waals surface area contributed by atoms with Gasteiger partial charge in [-0.15, -0.1) is 11.3 Å². The van der Waals surface area contributed by atoms with Gasteiger partial charge < -0.3 is 5.11 Å². The van der Waals surface area contributed by atoms with Gasteiger partial charge in [-0.25, -0.2) is 0 Å². The number of benzene rings is 1. The fraction of sp³-hybridized carbons (Fsp3) is 0.273. The summed E-state index contributed by atoms with van der Waals surface area (Å²) >= 11 is 5.19. The second-order valence-electron chi connectivity index (χ2n) is 3.29. The Hall–Kier alpha value is -0.380. The van der Waals surface area contributed by atoms with Gasteiger partial charge in [-0.3, -0.25) is 0 Å². The molecule has 0 aliphatic carbocycles. The number of hydrogen-bond acceptors (Lipinski definition) is 2. The molecule has 0 aliphatic heterocycles. The van der Waals surface area contributed by atoms with Gasteiger partial charge in [-0.05, 0) is 40.4 Å². The predicted molar refractivity (Wildman–Crippen MR) is 65.1 cm³/mol. The standard InChI is InChI=1S/C11H11BrOS/c1-7-4-8(5-12)10(6-13)9-2-3-14-11(7)9/h2-4,13H,5-6H2,1H3. The first-order chi connectivity index (χ1) is 6.77. The van der Waals surface area contributed by atoms with Crippen LogP contribution in [0, 0.1) is 6.92 Å². The summed E-state index contributed by atoms with van der Waals surface area (Å²) in [6.07, 6.45) is 0. The molecule has 1 N–H and O–H groups in total. The summed E-state index contributed by atoms with van der Waals surface area (Å²) < 4.78 is 1.29. The zero-order valence-corrected chi connectivity index (χ0v) is 10.3. The Balaban J connectivity index is 2.82. The van der Waals surface area contributed by atoms with Crippen LogP contribution in [0.2, 0.25) is 0 Å². The summed E-state index contributed by atoms with van der Waals surface area (Å²) in [6, 6.07) is 4.24. The molecule has 1 aromatic carbocycles. The van der Waals surface area contributed by atoms with E-state index in [1.54, 1.807) is 11.3 Å². The van der Waals surface area contributed by atoms with E-state index in [2.05, 4.69) is 40.4 Å². The van der Waals surface area contributed by atoms with Gasteiger partial charge in [0.25, 0.3) is 0 Å². The molecular weight excluding hydrogens is 260 g/mol. The van der Waals surface area contributed by atoms with Crippen molar-refractivity contribution in [1.29, 1.82) is 0 Å². The zero-order chi connectivity index (χ0) is 10.1. The first-order valence-corrected chi connectivity index (χ1v) is 6.43. The molecule has 1 nitrogen and oxygen atoms in total. The third-order valence-corrected chi connectivity index (χ3v) is 4.08. The normalized spacial score (nSPS) is 11.1. The van der Waals surface area contributed by atoms with Crippen molar-refractivity contribution in [3.05, 3.63) is 34.2 Å². The molecule has 2 aromatic rings. The van der Waals surface area contributed by atoms with Gasteiger partial charge in [0.05, 0.1) is 6.61 Å². The van der Waals surface area contributed by atoms with Crippen LogP contribution in [-0.4, -0.2) is 5.11 Å². The van der Waals surface area contributed by atoms with Gasteiger partial charge in [0.15, 0.2) is 0 Å². The molecule has 0 aliphatic rings. The summed E-state index contributed by atoms with van der Waals surface area (Å²) in [5.41, 5.74) is 3.54. The molecular formula is C11H11BrOS. The second kappa shape index (κ2) is 4.01. The highest BCUT2D eigenvalue weighted by Gasteiger charge is 2.09. The molecule has 3 heteroatoms. The minimum atomic E-state index is 0.119. The molecule has 0 atom stereocenters. The summed E-state index contributed by atoms with van der Waals surface area (Å²) in [4.78, 5) is 0. The Bertz CT molecular complexity index is 462. The molecule has 14 heavy (non-hydrogen) atoms. The van der Waals surface area contributed by atoms with Gasteiger partial charge >= 0.3 is 0 Å². The van der Waals surface area contributed by atoms with Crippen LogP contribution in [0.25, 0.3) is 10.1 Å². The monoisotopic (exact) mass is 270 g/mol. The first-order valence-electron chi connectivity index (χ1n) is 4.43. The first kappa shape index (κ1) is 10.1. The van der Waals surface area contributed by atoms with E-state index in [0.29, 0.717) is 0 Å². The highest BCUT2D eigenvalue weighted by molar-refractivity contribution is 9.08. The summed E-state index contributed by atoms with van der Waals surface area (Å²) in [5, 5.41) is 13.4. The SMILES string of the molecule is Cc1cc(CBr)c(CO)c2ccsc12. The molecule has 0 fully saturated rings. The highest BCUT2D eigenvalue weighted by Crippen LogP contribution is 2.31. The van der Waals surface area contributed by atoms with Crippen LogP contribution in [0.3, 0.4) is 0 Å². The predicted octanol–water partition coefficient (Wildman–Crippen LogP) is 3.60. The van der Waals surface area contributed by atoms with Gasteiger partial charge in [0.1, 0.15) is 0 Å². The smallest absolute Gasteiger partial charge is 0.0691 e. The van der Waals surface area contributed by atoms with Crippen LogP contribution < -0.4 is 0 Å². The Labute approximate surface area is 95.5 Å². The molecule has 0 saturated carbocycles. The van der Waals surface area contributed by atoms with Crippen molar-refractivity contribution in [3.63, 3.8) is 0 Å². The Morgan fingerprint density at radius 1 is 1.50 bits per heavy atom. The minimum absolute atomic E-state index is 0.119. The lowest BCUT2D eigenvalue weighted by atomic mass is 10.0. The van der Waals surface area contributed by atoms with Crippen LogP contribution in [0.15, 0.2) is 17.5 Å². The molecule has 1 heterocycles. The van der Waals surface area contributed by atoms with E-state index >= 15 is 0 Å². The number of thiophene rings is 1. The molecule has 0 bridgehead atoms. The number of fused-ring (bicyclic) bond motifs is 1. The average molecular weight is 271 g/mol. The van der Waals surface area contributed by atoms with Gasteiger partial charge in [-0.2, -0.15) is 0 Å². The van der Waals surface area contributed by atoms with Crippen molar-refractivity contribution in [2.75, 3.05) is 0 Å². The number of aliphatic hydroxyl groups excluding tert-OH is 1. The number of aliphatic hydroxyl groups is 1. The maximum absolute atomic E-state index is 9.34. The lowest BCUT2D eigenvalue weighted by Crippen LogP contribution is -1.93. The van der Waals surface area contributed by atoms with Gasteiger partial charge in [-0.1, -0.05) is 22.0 Å². The van der Waals surface area contributed by atoms with E-state index in [-0.39, 0.29) is 6.61 Å². The van der Waals surface area contributed by atoms with E-state index in [9.17, 15) is 5.11 Å². The summed E-state index contributed by atoms with van der Waals surface area (Å²) in [7, 11) is 0. The molecule has 2 rings (SSSR count). The quantitative estimate of drug-likeness (QED) is 0.827. The zero-order valence-electron chi connectivity index (χ0n) is 7.88. The van der Waals surface area contributed by atoms with E-state index in [1.807, 2.05) is 0 Å². The highest BCUT2D eigenvalue weighted by atomic mass is 79.9. The largest absolute Gasteiger partial charge is 0.392 e. The Kier molecular flexibility index (Phi) is 2.91. The van der Waals surface area contributed by atoms with Crippen molar-refractivity contribution in [2.24, 2.45) is 0 Å². The average Bonchev–Trinajstić information content (AvgIpc) is 2.66. The lowest BCUT2D eigenvalue weighted by molar-refractivity contribution is 0.282. The van der Waals surface area contributed by atoms with Crippen LogP contribution in [-0.2, 0) is 11.9 Å². The van der Waals surface area contributed by atoms with Crippen LogP contribution in [0.1, 0.15) is 16.7 Å². The summed E-state index contributed by atoms with van der Waals surface area (Å²) in [6.45, 7) is 2.24. The van der Waals surface area contributed by atoms with Gasteiger partial charge in [0.2, 0.25) is 0 Å². The summed E-state index contributed by atoms with van der Waals surface area (Å²) in [5.74, 6) is 0. The van der Waals surface area contributed by atoms with Crippen molar-refractivity contribution in [1.82, 2.24) is 0 Å². The Morgan fingerprint density at radius 2 is 2.29 bits per heavy atom. The molecule has 0 saturated heterocycles. The molecule has 0 amide bonds. The van der Waals surface area contributed by atoms with Crippen molar-refractivity contribution in [3.8, 4) is 0 Å². The fourth-order valence-electron chi connectivity index (χ4n) is 1.75. The molecule has 0 spiro atoms. The molecule has 0 radical (unpaired) electrons. The fourth-order valence-corrected chi connectivity index (χ4v) is 3.15. The second-order valence-corrected chi connectivity index (χ2v) is 4.76. The minimum Gasteiger partial charge on any atom is -0.392 e. The third kappa shape index (κ3) is 1.49. The number of hydrogen-bond donors (Lipinski definition) is 1. The number of aryl methyl sites for hydroxylation is 1. The Morgan fingerprint density at radius 3 is 2.93 bits per heavy atom.